The number of hydrogen-bond acceptors (Lipinski definition) is 3. The minimum absolute atomic E-state index is 0.105. The van der Waals surface area contributed by atoms with Gasteiger partial charge in [-0.15, -0.1) is 0 Å². The van der Waals surface area contributed by atoms with Gasteiger partial charge < -0.3 is 9.47 Å². The van der Waals surface area contributed by atoms with Crippen molar-refractivity contribution in [2.75, 3.05) is 6.54 Å². The summed E-state index contributed by atoms with van der Waals surface area (Å²) in [5.41, 5.74) is 2.94. The topological polar surface area (TPSA) is 66.8 Å². The molecule has 0 bridgehead atoms. The molecule has 0 unspecified atom stereocenters. The van der Waals surface area contributed by atoms with Crippen molar-refractivity contribution in [2.24, 2.45) is 0 Å². The summed E-state index contributed by atoms with van der Waals surface area (Å²) >= 11 is 0. The third kappa shape index (κ3) is 2.60. The molecule has 2 aromatic heterocycles. The number of hydrogen-bond donors (Lipinski definition) is 1. The molecule has 1 N–H and O–H groups in total. The Balaban J connectivity index is 1.57. The summed E-state index contributed by atoms with van der Waals surface area (Å²) < 4.78 is 1.93. The molecule has 0 saturated carbocycles. The molecule has 3 aromatic rings. The van der Waals surface area contributed by atoms with E-state index in [1.165, 1.54) is 0 Å². The summed E-state index contributed by atoms with van der Waals surface area (Å²) in [4.78, 5) is 19.2. The number of piperidine rings is 1. The summed E-state index contributed by atoms with van der Waals surface area (Å²) in [6.45, 7) is 1.13. The van der Waals surface area contributed by atoms with Crippen molar-refractivity contribution in [3.8, 4) is 0 Å². The molecule has 1 amide bonds. The summed E-state index contributed by atoms with van der Waals surface area (Å²) in [6.07, 6.45) is 6.68. The number of para-hydroxylation sites is 2. The number of rotatable bonds is 3. The Labute approximate surface area is 134 Å². The van der Waals surface area contributed by atoms with E-state index in [0.717, 1.165) is 42.5 Å². The van der Waals surface area contributed by atoms with Crippen molar-refractivity contribution >= 4 is 16.9 Å². The molecule has 1 fully saturated rings. The van der Waals surface area contributed by atoms with Crippen LogP contribution >= 0.6 is 0 Å². The van der Waals surface area contributed by atoms with Crippen molar-refractivity contribution in [3.63, 3.8) is 0 Å². The Morgan fingerprint density at radius 2 is 2.17 bits per heavy atom. The van der Waals surface area contributed by atoms with E-state index in [2.05, 4.69) is 15.2 Å². The molecule has 3 heterocycles. The van der Waals surface area contributed by atoms with Crippen LogP contribution in [0.15, 0.2) is 42.9 Å². The standard InChI is InChI=1S/C17H19N5O/c23-17(11-21-12-18-13-5-1-2-6-15(13)21)22-10-4-3-7-16(22)14-8-9-19-20-14/h1-2,5-6,8-9,12,16H,3-4,7,10-11H2,(H,19,20)/t16-/m1/s1. The molecule has 118 valence electrons. The van der Waals surface area contributed by atoms with Crippen molar-refractivity contribution in [3.05, 3.63) is 48.5 Å². The van der Waals surface area contributed by atoms with Gasteiger partial charge in [-0.1, -0.05) is 12.1 Å². The van der Waals surface area contributed by atoms with Crippen LogP contribution in [0.3, 0.4) is 0 Å². The molecule has 1 aliphatic heterocycles. The van der Waals surface area contributed by atoms with Crippen LogP contribution in [0.4, 0.5) is 0 Å². The van der Waals surface area contributed by atoms with E-state index in [1.807, 2.05) is 39.8 Å². The second-order valence-corrected chi connectivity index (χ2v) is 5.97. The van der Waals surface area contributed by atoms with E-state index in [-0.39, 0.29) is 11.9 Å². The van der Waals surface area contributed by atoms with E-state index in [4.69, 9.17) is 0 Å². The highest BCUT2D eigenvalue weighted by Gasteiger charge is 2.29. The molecule has 1 aliphatic rings. The first-order valence-corrected chi connectivity index (χ1v) is 8.01. The Hall–Kier alpha value is -2.63. The Morgan fingerprint density at radius 3 is 3.04 bits per heavy atom. The number of carbonyl (C=O) groups is 1. The van der Waals surface area contributed by atoms with Gasteiger partial charge in [0, 0.05) is 12.7 Å². The number of aromatic amines is 1. The first-order chi connectivity index (χ1) is 11.3. The highest BCUT2D eigenvalue weighted by atomic mass is 16.2. The molecule has 1 aromatic carbocycles. The van der Waals surface area contributed by atoms with Crippen LogP contribution in [0.2, 0.25) is 0 Å². The fourth-order valence-electron chi connectivity index (χ4n) is 3.38. The van der Waals surface area contributed by atoms with Crippen molar-refractivity contribution in [1.82, 2.24) is 24.6 Å². The van der Waals surface area contributed by atoms with Gasteiger partial charge in [-0.05, 0) is 37.5 Å². The zero-order valence-corrected chi connectivity index (χ0v) is 12.9. The monoisotopic (exact) mass is 309 g/mol. The Morgan fingerprint density at radius 1 is 1.26 bits per heavy atom. The van der Waals surface area contributed by atoms with Crippen LogP contribution in [0.1, 0.15) is 31.0 Å². The lowest BCUT2D eigenvalue weighted by Gasteiger charge is -2.35. The maximum atomic E-state index is 12.9. The van der Waals surface area contributed by atoms with Crippen LogP contribution < -0.4 is 0 Å². The number of carbonyl (C=O) groups excluding carboxylic acids is 1. The maximum absolute atomic E-state index is 12.9. The summed E-state index contributed by atoms with van der Waals surface area (Å²) in [5, 5.41) is 7.05. The highest BCUT2D eigenvalue weighted by Crippen LogP contribution is 2.30. The number of H-pyrrole nitrogens is 1. The van der Waals surface area contributed by atoms with E-state index in [1.54, 1.807) is 12.5 Å². The van der Waals surface area contributed by atoms with Gasteiger partial charge in [-0.2, -0.15) is 5.10 Å². The number of aromatic nitrogens is 4. The minimum Gasteiger partial charge on any atom is -0.333 e. The van der Waals surface area contributed by atoms with Gasteiger partial charge in [0.1, 0.15) is 6.54 Å². The minimum atomic E-state index is 0.105. The second kappa shape index (κ2) is 5.87. The predicted molar refractivity (Wildman–Crippen MR) is 86.6 cm³/mol. The number of likely N-dealkylation sites (tertiary alicyclic amines) is 1. The van der Waals surface area contributed by atoms with Crippen LogP contribution in [0.5, 0.6) is 0 Å². The Bertz CT molecular complexity index is 807. The zero-order chi connectivity index (χ0) is 15.6. The normalized spacial score (nSPS) is 18.4. The van der Waals surface area contributed by atoms with Crippen molar-refractivity contribution in [2.45, 2.75) is 31.8 Å². The molecule has 23 heavy (non-hydrogen) atoms. The van der Waals surface area contributed by atoms with Crippen LogP contribution in [-0.2, 0) is 11.3 Å². The lowest BCUT2D eigenvalue weighted by atomic mass is 9.99. The Kier molecular flexibility index (Phi) is 3.57. The van der Waals surface area contributed by atoms with Gasteiger partial charge >= 0.3 is 0 Å². The smallest absolute Gasteiger partial charge is 0.243 e. The van der Waals surface area contributed by atoms with E-state index in [0.29, 0.717) is 6.54 Å². The molecule has 1 saturated heterocycles. The van der Waals surface area contributed by atoms with Gasteiger partial charge in [0.15, 0.2) is 0 Å². The van der Waals surface area contributed by atoms with Crippen LogP contribution in [0, 0.1) is 0 Å². The predicted octanol–water partition coefficient (Wildman–Crippen LogP) is 2.51. The molecule has 6 nitrogen and oxygen atoms in total. The fourth-order valence-corrected chi connectivity index (χ4v) is 3.38. The number of fused-ring (bicyclic) bond motifs is 1. The molecular weight excluding hydrogens is 290 g/mol. The van der Waals surface area contributed by atoms with E-state index in [9.17, 15) is 4.79 Å². The summed E-state index contributed by atoms with van der Waals surface area (Å²) in [5.74, 6) is 0.132. The number of amides is 1. The van der Waals surface area contributed by atoms with Gasteiger partial charge in [-0.25, -0.2) is 4.98 Å². The molecule has 1 atom stereocenters. The lowest BCUT2D eigenvalue weighted by molar-refractivity contribution is -0.135. The summed E-state index contributed by atoms with van der Waals surface area (Å²) in [7, 11) is 0. The second-order valence-electron chi connectivity index (χ2n) is 5.97. The first kappa shape index (κ1) is 14.0. The maximum Gasteiger partial charge on any atom is 0.243 e. The highest BCUT2D eigenvalue weighted by molar-refractivity contribution is 5.80. The van der Waals surface area contributed by atoms with Gasteiger partial charge in [0.2, 0.25) is 5.91 Å². The first-order valence-electron chi connectivity index (χ1n) is 8.01. The SMILES string of the molecule is O=C(Cn1cnc2ccccc21)N1CCCC[C@@H]1c1ccn[nH]1. The molecule has 6 heteroatoms. The number of benzene rings is 1. The van der Waals surface area contributed by atoms with Crippen LogP contribution in [0.25, 0.3) is 11.0 Å². The molecule has 4 rings (SSSR count). The number of nitrogens with one attached hydrogen (secondary N) is 1. The van der Waals surface area contributed by atoms with E-state index < -0.39 is 0 Å². The fraction of sp³-hybridized carbons (Fsp3) is 0.353. The van der Waals surface area contributed by atoms with Crippen molar-refractivity contribution < 1.29 is 4.79 Å². The zero-order valence-electron chi connectivity index (χ0n) is 12.9. The van der Waals surface area contributed by atoms with Gasteiger partial charge in [0.05, 0.1) is 29.1 Å². The number of nitrogens with zero attached hydrogens (tertiary/aromatic N) is 4. The van der Waals surface area contributed by atoms with E-state index >= 15 is 0 Å². The largest absolute Gasteiger partial charge is 0.333 e. The van der Waals surface area contributed by atoms with Gasteiger partial charge in [0.25, 0.3) is 0 Å². The van der Waals surface area contributed by atoms with Gasteiger partial charge in [-0.3, -0.25) is 9.89 Å². The summed E-state index contributed by atoms with van der Waals surface area (Å²) in [6, 6.07) is 9.96. The quantitative estimate of drug-likeness (QED) is 0.808. The lowest BCUT2D eigenvalue weighted by Crippen LogP contribution is -2.40. The number of imidazole rings is 1. The van der Waals surface area contributed by atoms with Crippen molar-refractivity contribution in [1.29, 1.82) is 0 Å². The molecular formula is C17H19N5O. The van der Waals surface area contributed by atoms with Crippen LogP contribution in [-0.4, -0.2) is 37.1 Å². The third-order valence-corrected chi connectivity index (χ3v) is 4.54. The molecule has 0 radical (unpaired) electrons. The molecule has 0 aliphatic carbocycles. The molecule has 0 spiro atoms. The third-order valence-electron chi connectivity index (χ3n) is 4.54. The average Bonchev–Trinajstić information content (AvgIpc) is 3.25. The average molecular weight is 309 g/mol.